The number of amides is 3. The molecule has 0 aliphatic heterocycles. The van der Waals surface area contributed by atoms with E-state index in [2.05, 4.69) is 15.5 Å². The zero-order chi connectivity index (χ0) is 24.1. The number of aromatic nitrogens is 3. The highest BCUT2D eigenvalue weighted by Gasteiger charge is 2.19. The number of nitrogens with one attached hydrogen (secondary N) is 2. The highest BCUT2D eigenvalue weighted by molar-refractivity contribution is 6.07. The minimum absolute atomic E-state index is 0.0682. The summed E-state index contributed by atoms with van der Waals surface area (Å²) in [6.45, 7) is 1.62. The lowest BCUT2D eigenvalue weighted by atomic mass is 10.3. The molecule has 10 nitrogen and oxygen atoms in total. The first-order valence-electron chi connectivity index (χ1n) is 10.7. The number of anilines is 2. The molecule has 0 saturated carbocycles. The van der Waals surface area contributed by atoms with Gasteiger partial charge in [-0.25, -0.2) is 4.79 Å². The van der Waals surface area contributed by atoms with Gasteiger partial charge in [0.05, 0.1) is 17.9 Å². The maximum atomic E-state index is 12.8. The maximum absolute atomic E-state index is 12.8. The van der Waals surface area contributed by atoms with E-state index in [-0.39, 0.29) is 17.7 Å². The summed E-state index contributed by atoms with van der Waals surface area (Å²) >= 11 is 0. The van der Waals surface area contributed by atoms with Crippen LogP contribution < -0.4 is 16.0 Å². The zero-order valence-corrected chi connectivity index (χ0v) is 19.8. The van der Waals surface area contributed by atoms with Crippen molar-refractivity contribution in [3.05, 3.63) is 59.9 Å². The summed E-state index contributed by atoms with van der Waals surface area (Å²) in [6.07, 6.45) is 6.08. The van der Waals surface area contributed by atoms with Gasteiger partial charge >= 0.3 is 5.91 Å². The van der Waals surface area contributed by atoms with E-state index in [0.29, 0.717) is 35.0 Å². The van der Waals surface area contributed by atoms with E-state index in [1.807, 2.05) is 14.1 Å². The molecule has 0 radical (unpaired) electrons. The number of hydrogen-bond acceptors (Lipinski definition) is 4. The largest absolute Gasteiger partial charge is 0.359 e. The van der Waals surface area contributed by atoms with Gasteiger partial charge in [0.25, 0.3) is 11.8 Å². The number of rotatable bonds is 9. The van der Waals surface area contributed by atoms with Crippen molar-refractivity contribution < 1.29 is 19.7 Å². The second-order valence-corrected chi connectivity index (χ2v) is 8.38. The minimum atomic E-state index is -0.337. The van der Waals surface area contributed by atoms with Crippen molar-refractivity contribution in [3.63, 3.8) is 0 Å². The number of quaternary nitrogens is 1. The van der Waals surface area contributed by atoms with Crippen LogP contribution in [0.1, 0.15) is 37.9 Å². The predicted molar refractivity (Wildman–Crippen MR) is 126 cm³/mol. The molecule has 3 rings (SSSR count). The van der Waals surface area contributed by atoms with Gasteiger partial charge in [-0.15, -0.1) is 0 Å². The molecule has 4 N–H and O–H groups in total. The molecule has 3 aromatic rings. The first kappa shape index (κ1) is 24.0. The molecule has 0 aromatic carbocycles. The Morgan fingerprint density at radius 2 is 1.45 bits per heavy atom. The molecule has 0 bridgehead atoms. The first-order chi connectivity index (χ1) is 15.7. The van der Waals surface area contributed by atoms with E-state index in [9.17, 15) is 14.4 Å². The Labute approximate surface area is 193 Å². The van der Waals surface area contributed by atoms with E-state index < -0.39 is 0 Å². The molecule has 176 valence electrons. The molecular weight excluding hydrogens is 422 g/mol. The number of nitrogens with zero attached hydrogens (tertiary/aromatic N) is 4. The van der Waals surface area contributed by atoms with Crippen LogP contribution in [0.4, 0.5) is 11.4 Å². The average molecular weight is 455 g/mol. The molecule has 0 unspecified atom stereocenters. The third kappa shape index (κ3) is 5.99. The lowest BCUT2D eigenvalue weighted by Gasteiger charge is -2.07. The molecule has 0 atom stereocenters. The minimum Gasteiger partial charge on any atom is -0.347 e. The summed E-state index contributed by atoms with van der Waals surface area (Å²) in [4.78, 5) is 39.8. The fourth-order valence-corrected chi connectivity index (χ4v) is 3.57. The topological polar surface area (TPSA) is 110 Å². The van der Waals surface area contributed by atoms with Crippen LogP contribution in [-0.4, -0.2) is 63.5 Å². The molecule has 3 heterocycles. The number of carbonyl (C=O) groups is 3. The molecule has 0 fully saturated rings. The molecule has 3 amide bonds. The summed E-state index contributed by atoms with van der Waals surface area (Å²) in [6, 6.07) is 6.80. The van der Waals surface area contributed by atoms with Gasteiger partial charge in [0.15, 0.2) is 0 Å². The number of primary amides is 1. The SMILES string of the molecule is CN(C)CCC[NH2+]C(=O)c1cc(NC(=O)c2cc(NC(=O)c3cccn3C)cn2C)cn1C. The Kier molecular flexibility index (Phi) is 7.52. The van der Waals surface area contributed by atoms with Gasteiger partial charge in [-0.3, -0.25) is 14.9 Å². The molecule has 0 saturated heterocycles. The van der Waals surface area contributed by atoms with Crippen LogP contribution in [-0.2, 0) is 21.1 Å². The van der Waals surface area contributed by atoms with E-state index >= 15 is 0 Å². The highest BCUT2D eigenvalue weighted by atomic mass is 16.2. The van der Waals surface area contributed by atoms with Crippen LogP contribution in [0.3, 0.4) is 0 Å². The fraction of sp³-hybridized carbons (Fsp3) is 0.348. The normalized spacial score (nSPS) is 11.1. The van der Waals surface area contributed by atoms with Gasteiger partial charge in [-0.1, -0.05) is 0 Å². The fourth-order valence-electron chi connectivity index (χ4n) is 3.57. The smallest absolute Gasteiger partial charge is 0.347 e. The summed E-state index contributed by atoms with van der Waals surface area (Å²) in [7, 11) is 9.30. The van der Waals surface area contributed by atoms with Crippen molar-refractivity contribution in [1.29, 1.82) is 0 Å². The third-order valence-electron chi connectivity index (χ3n) is 5.33. The number of nitrogens with two attached hydrogens (primary N) is 1. The Morgan fingerprint density at radius 1 is 0.879 bits per heavy atom. The lowest BCUT2D eigenvalue weighted by molar-refractivity contribution is -0.555. The van der Waals surface area contributed by atoms with Gasteiger partial charge in [0.2, 0.25) is 0 Å². The van der Waals surface area contributed by atoms with Gasteiger partial charge < -0.3 is 29.2 Å². The monoisotopic (exact) mass is 454 g/mol. The first-order valence-corrected chi connectivity index (χ1v) is 10.7. The van der Waals surface area contributed by atoms with Crippen LogP contribution in [0, 0.1) is 0 Å². The highest BCUT2D eigenvalue weighted by Crippen LogP contribution is 2.18. The van der Waals surface area contributed by atoms with Crippen molar-refractivity contribution in [2.24, 2.45) is 21.1 Å². The molecule has 0 aliphatic carbocycles. The molecule has 33 heavy (non-hydrogen) atoms. The van der Waals surface area contributed by atoms with Crippen LogP contribution in [0.15, 0.2) is 42.9 Å². The van der Waals surface area contributed by atoms with Gasteiger partial charge in [-0.05, 0) is 38.4 Å². The van der Waals surface area contributed by atoms with Crippen molar-refractivity contribution in [3.8, 4) is 0 Å². The summed E-state index contributed by atoms with van der Waals surface area (Å²) in [5.41, 5.74) is 2.46. The number of hydrogen-bond donors (Lipinski definition) is 3. The van der Waals surface area contributed by atoms with E-state index in [1.54, 1.807) is 83.0 Å². The van der Waals surface area contributed by atoms with Gasteiger partial charge in [0, 0.05) is 52.7 Å². The molecule has 0 aliphatic rings. The Bertz CT molecular complexity index is 1150. The zero-order valence-electron chi connectivity index (χ0n) is 19.8. The Hall–Kier alpha value is -3.63. The van der Waals surface area contributed by atoms with Gasteiger partial charge in [-0.2, -0.15) is 0 Å². The Balaban J connectivity index is 1.62. The predicted octanol–water partition coefficient (Wildman–Crippen LogP) is 0.862. The van der Waals surface area contributed by atoms with E-state index in [1.165, 1.54) is 0 Å². The van der Waals surface area contributed by atoms with Crippen LogP contribution in [0.2, 0.25) is 0 Å². The van der Waals surface area contributed by atoms with E-state index in [0.717, 1.165) is 13.0 Å². The molecule has 10 heteroatoms. The molecule has 3 aromatic heterocycles. The summed E-state index contributed by atoms with van der Waals surface area (Å²) in [5, 5.41) is 7.32. The summed E-state index contributed by atoms with van der Waals surface area (Å²) < 4.78 is 5.07. The number of carbonyl (C=O) groups excluding carboxylic acids is 3. The second kappa shape index (κ2) is 10.3. The van der Waals surface area contributed by atoms with Crippen molar-refractivity contribution in [2.75, 3.05) is 37.8 Å². The van der Waals surface area contributed by atoms with Gasteiger partial charge in [0.1, 0.15) is 17.1 Å². The van der Waals surface area contributed by atoms with Crippen molar-refractivity contribution in [1.82, 2.24) is 18.6 Å². The lowest BCUT2D eigenvalue weighted by Crippen LogP contribution is -2.88. The Morgan fingerprint density at radius 3 is 2.03 bits per heavy atom. The van der Waals surface area contributed by atoms with E-state index in [4.69, 9.17) is 0 Å². The van der Waals surface area contributed by atoms with Crippen LogP contribution in [0.5, 0.6) is 0 Å². The third-order valence-corrected chi connectivity index (χ3v) is 5.33. The van der Waals surface area contributed by atoms with Crippen LogP contribution in [0.25, 0.3) is 0 Å². The number of aryl methyl sites for hydroxylation is 3. The second-order valence-electron chi connectivity index (χ2n) is 8.38. The average Bonchev–Trinajstić information content (AvgIpc) is 3.43. The van der Waals surface area contributed by atoms with Crippen LogP contribution >= 0.6 is 0 Å². The van der Waals surface area contributed by atoms with Crippen molar-refractivity contribution in [2.45, 2.75) is 6.42 Å². The van der Waals surface area contributed by atoms with Crippen molar-refractivity contribution >= 4 is 29.1 Å². The quantitative estimate of drug-likeness (QED) is 0.417. The molecule has 0 spiro atoms. The summed E-state index contributed by atoms with van der Waals surface area (Å²) in [5.74, 6) is -0.661. The standard InChI is InChI=1S/C23H31N7O3/c1-27(2)10-7-9-24-21(31)19-12-16(14-29(19)4)26-23(33)20-13-17(15-30(20)5)25-22(32)18-8-6-11-28(18)3/h6,8,11-15H,7,9-10H2,1-5H3,(H,24,31)(H,25,32)(H,26,33)/p+1. The maximum Gasteiger partial charge on any atom is 0.359 e. The molecular formula is C23H32N7O3+.